The molecule has 0 aliphatic carbocycles. The van der Waals surface area contributed by atoms with Crippen molar-refractivity contribution < 1.29 is 14.7 Å². The third-order valence-electron chi connectivity index (χ3n) is 4.07. The molecule has 27 heavy (non-hydrogen) atoms. The Balaban J connectivity index is 1.92. The Hall–Kier alpha value is -3.12. The number of carbonyl (C=O) groups is 2. The van der Waals surface area contributed by atoms with E-state index in [1.807, 2.05) is 31.2 Å². The molecule has 2 N–H and O–H groups in total. The van der Waals surface area contributed by atoms with Crippen molar-refractivity contribution in [1.29, 1.82) is 0 Å². The van der Waals surface area contributed by atoms with Crippen LogP contribution in [0.4, 0.5) is 0 Å². The molecule has 0 fully saturated rings. The average molecular weight is 384 g/mol. The van der Waals surface area contributed by atoms with Crippen molar-refractivity contribution in [1.82, 2.24) is 14.9 Å². The summed E-state index contributed by atoms with van der Waals surface area (Å²) in [4.78, 5) is 32.8. The highest BCUT2D eigenvalue weighted by Gasteiger charge is 2.25. The minimum absolute atomic E-state index is 0.132. The molecule has 1 heterocycles. The van der Waals surface area contributed by atoms with E-state index in [1.54, 1.807) is 31.3 Å². The number of aromatic amines is 1. The number of hydrogen-bond acceptors (Lipinski definition) is 3. The summed E-state index contributed by atoms with van der Waals surface area (Å²) < 4.78 is 0. The van der Waals surface area contributed by atoms with Gasteiger partial charge in [0.25, 0.3) is 5.91 Å². The minimum atomic E-state index is -1.25. The van der Waals surface area contributed by atoms with Crippen molar-refractivity contribution in [2.45, 2.75) is 13.5 Å². The molecule has 6 nitrogen and oxygen atoms in total. The van der Waals surface area contributed by atoms with Crippen LogP contribution in [-0.4, -0.2) is 38.9 Å². The molecule has 2 aromatic carbocycles. The van der Waals surface area contributed by atoms with E-state index in [0.29, 0.717) is 17.1 Å². The molecule has 0 bridgehead atoms. The third-order valence-corrected chi connectivity index (χ3v) is 4.30. The van der Waals surface area contributed by atoms with Crippen molar-refractivity contribution in [3.63, 3.8) is 0 Å². The fourth-order valence-corrected chi connectivity index (χ4v) is 2.98. The van der Waals surface area contributed by atoms with E-state index in [1.165, 1.54) is 4.90 Å². The number of aryl methyl sites for hydroxylation is 1. The lowest BCUT2D eigenvalue weighted by molar-refractivity contribution is 0.0674. The first kappa shape index (κ1) is 18.7. The first-order valence-electron chi connectivity index (χ1n) is 8.25. The van der Waals surface area contributed by atoms with Crippen molar-refractivity contribution in [3.8, 4) is 11.4 Å². The zero-order valence-corrected chi connectivity index (χ0v) is 15.6. The van der Waals surface area contributed by atoms with Crippen molar-refractivity contribution in [2.75, 3.05) is 7.05 Å². The highest BCUT2D eigenvalue weighted by atomic mass is 35.5. The van der Waals surface area contributed by atoms with Gasteiger partial charge in [-0.3, -0.25) is 4.79 Å². The fourth-order valence-electron chi connectivity index (χ4n) is 2.79. The van der Waals surface area contributed by atoms with Crippen LogP contribution in [0.25, 0.3) is 11.4 Å². The van der Waals surface area contributed by atoms with Gasteiger partial charge in [-0.1, -0.05) is 53.6 Å². The van der Waals surface area contributed by atoms with Crippen LogP contribution in [0.3, 0.4) is 0 Å². The summed E-state index contributed by atoms with van der Waals surface area (Å²) in [5.74, 6) is -1.44. The van der Waals surface area contributed by atoms with Crippen LogP contribution in [0.5, 0.6) is 0 Å². The summed E-state index contributed by atoms with van der Waals surface area (Å²) in [5.41, 5.74) is 2.26. The standard InChI is InChI=1S/C20H18ClN3O3/c1-12-5-3-6-13(9-12)11-24(2)19(25)16-17(20(26)27)23-18(22-16)14-7-4-8-15(21)10-14/h3-10H,11H2,1-2H3,(H,22,23)(H,26,27). The van der Waals surface area contributed by atoms with E-state index in [4.69, 9.17) is 11.6 Å². The molecule has 1 aromatic heterocycles. The third kappa shape index (κ3) is 4.17. The van der Waals surface area contributed by atoms with Gasteiger partial charge in [0.2, 0.25) is 0 Å². The van der Waals surface area contributed by atoms with Crippen LogP contribution in [0.15, 0.2) is 48.5 Å². The number of nitrogens with zero attached hydrogens (tertiary/aromatic N) is 2. The van der Waals surface area contributed by atoms with E-state index in [9.17, 15) is 14.7 Å². The second-order valence-corrected chi connectivity index (χ2v) is 6.71. The number of benzene rings is 2. The van der Waals surface area contributed by atoms with Gasteiger partial charge in [-0.15, -0.1) is 0 Å². The van der Waals surface area contributed by atoms with E-state index in [0.717, 1.165) is 11.1 Å². The number of nitrogens with one attached hydrogen (secondary N) is 1. The van der Waals surface area contributed by atoms with E-state index in [-0.39, 0.29) is 17.2 Å². The largest absolute Gasteiger partial charge is 0.477 e. The summed E-state index contributed by atoms with van der Waals surface area (Å²) in [6.45, 7) is 2.32. The summed E-state index contributed by atoms with van der Waals surface area (Å²) >= 11 is 5.99. The van der Waals surface area contributed by atoms with Crippen LogP contribution in [-0.2, 0) is 6.54 Å². The Kier molecular flexibility index (Phi) is 5.28. The molecule has 0 spiro atoms. The van der Waals surface area contributed by atoms with Gasteiger partial charge < -0.3 is 15.0 Å². The molecule has 0 saturated carbocycles. The Bertz CT molecular complexity index is 1010. The quantitative estimate of drug-likeness (QED) is 0.697. The lowest BCUT2D eigenvalue weighted by Crippen LogP contribution is -2.28. The number of hydrogen-bond donors (Lipinski definition) is 2. The normalized spacial score (nSPS) is 10.6. The topological polar surface area (TPSA) is 86.3 Å². The highest BCUT2D eigenvalue weighted by molar-refractivity contribution is 6.30. The predicted molar refractivity (Wildman–Crippen MR) is 103 cm³/mol. The summed E-state index contributed by atoms with van der Waals surface area (Å²) in [6, 6.07) is 14.6. The highest BCUT2D eigenvalue weighted by Crippen LogP contribution is 2.22. The zero-order valence-electron chi connectivity index (χ0n) is 14.9. The number of halogens is 1. The Morgan fingerprint density at radius 1 is 1.19 bits per heavy atom. The van der Waals surface area contributed by atoms with E-state index >= 15 is 0 Å². The molecule has 0 unspecified atom stereocenters. The molecular weight excluding hydrogens is 366 g/mol. The molecule has 1 amide bonds. The number of carboxylic acid groups (broad SMARTS) is 1. The molecule has 0 aliphatic rings. The van der Waals surface area contributed by atoms with Crippen molar-refractivity contribution in [2.24, 2.45) is 0 Å². The summed E-state index contributed by atoms with van der Waals surface area (Å²) in [6.07, 6.45) is 0. The first-order valence-corrected chi connectivity index (χ1v) is 8.63. The predicted octanol–water partition coefficient (Wildman–Crippen LogP) is 4.01. The van der Waals surface area contributed by atoms with E-state index < -0.39 is 11.9 Å². The SMILES string of the molecule is Cc1cccc(CN(C)C(=O)c2nc(-c3cccc(Cl)c3)[nH]c2C(=O)O)c1. The molecule has 138 valence electrons. The molecule has 0 saturated heterocycles. The Morgan fingerprint density at radius 3 is 2.59 bits per heavy atom. The Morgan fingerprint density at radius 2 is 1.93 bits per heavy atom. The monoisotopic (exact) mass is 383 g/mol. The number of carboxylic acids is 1. The van der Waals surface area contributed by atoms with Gasteiger partial charge in [0, 0.05) is 24.2 Å². The maximum absolute atomic E-state index is 12.8. The lowest BCUT2D eigenvalue weighted by atomic mass is 10.1. The van der Waals surface area contributed by atoms with Crippen LogP contribution < -0.4 is 0 Å². The fraction of sp³-hybridized carbons (Fsp3) is 0.150. The summed E-state index contributed by atoms with van der Waals surface area (Å²) in [7, 11) is 1.62. The molecule has 3 rings (SSSR count). The molecule has 0 atom stereocenters. The van der Waals surface area contributed by atoms with Crippen LogP contribution in [0.1, 0.15) is 32.1 Å². The van der Waals surface area contributed by atoms with Gasteiger partial charge in [0.05, 0.1) is 0 Å². The molecule has 0 radical (unpaired) electrons. The number of H-pyrrole nitrogens is 1. The number of imidazole rings is 1. The first-order chi connectivity index (χ1) is 12.8. The van der Waals surface area contributed by atoms with Gasteiger partial charge in [-0.2, -0.15) is 0 Å². The van der Waals surface area contributed by atoms with Crippen molar-refractivity contribution >= 4 is 23.5 Å². The number of aromatic carboxylic acids is 1. The van der Waals surface area contributed by atoms with E-state index in [2.05, 4.69) is 9.97 Å². The van der Waals surface area contributed by atoms with Gasteiger partial charge in [-0.05, 0) is 24.6 Å². The smallest absolute Gasteiger partial charge is 0.354 e. The van der Waals surface area contributed by atoms with Gasteiger partial charge in [0.1, 0.15) is 5.82 Å². The molecule has 3 aromatic rings. The number of aromatic nitrogens is 2. The van der Waals surface area contributed by atoms with Gasteiger partial charge in [-0.25, -0.2) is 9.78 Å². The molecule has 0 aliphatic heterocycles. The van der Waals surface area contributed by atoms with Gasteiger partial charge in [0.15, 0.2) is 11.4 Å². The average Bonchev–Trinajstić information content (AvgIpc) is 3.06. The van der Waals surface area contributed by atoms with Crippen molar-refractivity contribution in [3.05, 3.63) is 76.1 Å². The maximum Gasteiger partial charge on any atom is 0.354 e. The lowest BCUT2D eigenvalue weighted by Gasteiger charge is -2.16. The number of rotatable bonds is 5. The summed E-state index contributed by atoms with van der Waals surface area (Å²) in [5, 5.41) is 9.96. The minimum Gasteiger partial charge on any atom is -0.477 e. The van der Waals surface area contributed by atoms with Crippen LogP contribution in [0.2, 0.25) is 5.02 Å². The zero-order chi connectivity index (χ0) is 19.6. The Labute approximate surface area is 161 Å². The molecule has 7 heteroatoms. The number of amides is 1. The van der Waals surface area contributed by atoms with Crippen LogP contribution >= 0.6 is 11.6 Å². The van der Waals surface area contributed by atoms with Gasteiger partial charge >= 0.3 is 5.97 Å². The molecular formula is C20H18ClN3O3. The van der Waals surface area contributed by atoms with Crippen LogP contribution in [0, 0.1) is 6.92 Å². The second-order valence-electron chi connectivity index (χ2n) is 6.27. The number of carbonyl (C=O) groups excluding carboxylic acids is 1. The maximum atomic E-state index is 12.8. The second kappa shape index (κ2) is 7.63.